The van der Waals surface area contributed by atoms with Crippen LogP contribution >= 0.6 is 0 Å². The molecule has 15 heavy (non-hydrogen) atoms. The molecular weight excluding hydrogens is 188 g/mol. The standard InChI is InChI=1S/C12H12N2O/c15-7-8-3-11-12(13-5-8)4-10(6-14-11)9-1-2-9/h3-6,9,15H,1-2,7H2. The van der Waals surface area contributed by atoms with Gasteiger partial charge in [-0.05, 0) is 42.0 Å². The van der Waals surface area contributed by atoms with Gasteiger partial charge in [-0.25, -0.2) is 0 Å². The molecular formula is C12H12N2O. The van der Waals surface area contributed by atoms with Gasteiger partial charge in [0.2, 0.25) is 0 Å². The summed E-state index contributed by atoms with van der Waals surface area (Å²) in [6, 6.07) is 4.00. The SMILES string of the molecule is OCc1cnc2cc(C3CC3)cnc2c1. The van der Waals surface area contributed by atoms with Crippen LogP contribution in [0, 0.1) is 0 Å². The highest BCUT2D eigenvalue weighted by atomic mass is 16.3. The van der Waals surface area contributed by atoms with Crippen molar-refractivity contribution in [1.29, 1.82) is 0 Å². The Balaban J connectivity index is 2.11. The minimum atomic E-state index is 0.0228. The molecule has 2 aromatic heterocycles. The van der Waals surface area contributed by atoms with Crippen LogP contribution in [0.4, 0.5) is 0 Å². The molecule has 76 valence electrons. The molecule has 3 heteroatoms. The van der Waals surface area contributed by atoms with Crippen LogP contribution in [-0.4, -0.2) is 15.1 Å². The monoisotopic (exact) mass is 200 g/mol. The van der Waals surface area contributed by atoms with Crippen molar-refractivity contribution in [1.82, 2.24) is 9.97 Å². The van der Waals surface area contributed by atoms with Crippen molar-refractivity contribution < 1.29 is 5.11 Å². The van der Waals surface area contributed by atoms with Crippen molar-refractivity contribution in [3.8, 4) is 0 Å². The van der Waals surface area contributed by atoms with Crippen LogP contribution in [0.15, 0.2) is 24.5 Å². The van der Waals surface area contributed by atoms with Crippen LogP contribution in [0.1, 0.15) is 29.9 Å². The molecule has 1 saturated carbocycles. The number of aliphatic hydroxyl groups excluding tert-OH is 1. The molecule has 0 saturated heterocycles. The first-order chi connectivity index (χ1) is 7.36. The summed E-state index contributed by atoms with van der Waals surface area (Å²) in [5.74, 6) is 0.709. The maximum Gasteiger partial charge on any atom is 0.0890 e. The van der Waals surface area contributed by atoms with Crippen LogP contribution in [-0.2, 0) is 6.61 Å². The minimum Gasteiger partial charge on any atom is -0.392 e. The first-order valence-electron chi connectivity index (χ1n) is 5.22. The first kappa shape index (κ1) is 8.80. The summed E-state index contributed by atoms with van der Waals surface area (Å²) in [7, 11) is 0. The van der Waals surface area contributed by atoms with E-state index in [0.717, 1.165) is 16.6 Å². The number of hydrogen-bond acceptors (Lipinski definition) is 3. The molecule has 2 aromatic rings. The van der Waals surface area contributed by atoms with Gasteiger partial charge in [0, 0.05) is 12.4 Å². The van der Waals surface area contributed by atoms with Crippen LogP contribution in [0.2, 0.25) is 0 Å². The zero-order valence-corrected chi connectivity index (χ0v) is 8.35. The van der Waals surface area contributed by atoms with Crippen molar-refractivity contribution in [3.05, 3.63) is 35.7 Å². The van der Waals surface area contributed by atoms with Gasteiger partial charge in [-0.2, -0.15) is 0 Å². The lowest BCUT2D eigenvalue weighted by Crippen LogP contribution is -1.90. The molecule has 3 nitrogen and oxygen atoms in total. The van der Waals surface area contributed by atoms with E-state index < -0.39 is 0 Å². The summed E-state index contributed by atoms with van der Waals surface area (Å²) in [6.07, 6.45) is 6.20. The molecule has 0 amide bonds. The van der Waals surface area contributed by atoms with E-state index in [-0.39, 0.29) is 6.61 Å². The van der Waals surface area contributed by atoms with Gasteiger partial charge in [0.15, 0.2) is 0 Å². The van der Waals surface area contributed by atoms with Gasteiger partial charge >= 0.3 is 0 Å². The van der Waals surface area contributed by atoms with E-state index in [1.807, 2.05) is 12.3 Å². The van der Waals surface area contributed by atoms with E-state index in [9.17, 15) is 0 Å². The number of rotatable bonds is 2. The summed E-state index contributed by atoms with van der Waals surface area (Å²) in [4.78, 5) is 8.68. The molecule has 1 N–H and O–H groups in total. The van der Waals surface area contributed by atoms with Crippen molar-refractivity contribution in [2.45, 2.75) is 25.4 Å². The largest absolute Gasteiger partial charge is 0.392 e. The second-order valence-corrected chi connectivity index (χ2v) is 4.08. The van der Waals surface area contributed by atoms with E-state index in [1.165, 1.54) is 18.4 Å². The number of aliphatic hydroxyl groups is 1. The van der Waals surface area contributed by atoms with Gasteiger partial charge in [0.1, 0.15) is 0 Å². The fourth-order valence-corrected chi connectivity index (χ4v) is 1.79. The number of aromatic nitrogens is 2. The molecule has 0 unspecified atom stereocenters. The number of hydrogen-bond donors (Lipinski definition) is 1. The third-order valence-electron chi connectivity index (χ3n) is 2.84. The summed E-state index contributed by atoms with van der Waals surface area (Å²) >= 11 is 0. The van der Waals surface area contributed by atoms with E-state index in [0.29, 0.717) is 5.92 Å². The summed E-state index contributed by atoms with van der Waals surface area (Å²) in [5.41, 5.74) is 3.91. The normalized spacial score (nSPS) is 15.8. The summed E-state index contributed by atoms with van der Waals surface area (Å²) in [6.45, 7) is 0.0228. The Bertz CT molecular complexity index is 506. The molecule has 0 atom stereocenters. The average Bonchev–Trinajstić information content (AvgIpc) is 3.11. The van der Waals surface area contributed by atoms with Gasteiger partial charge in [-0.1, -0.05) is 0 Å². The molecule has 1 aliphatic carbocycles. The highest BCUT2D eigenvalue weighted by Gasteiger charge is 2.23. The highest BCUT2D eigenvalue weighted by Crippen LogP contribution is 2.40. The van der Waals surface area contributed by atoms with Crippen molar-refractivity contribution in [2.75, 3.05) is 0 Å². The lowest BCUT2D eigenvalue weighted by Gasteiger charge is -2.02. The molecule has 0 aromatic carbocycles. The average molecular weight is 200 g/mol. The Morgan fingerprint density at radius 1 is 1.13 bits per heavy atom. The van der Waals surface area contributed by atoms with E-state index in [4.69, 9.17) is 5.11 Å². The fourth-order valence-electron chi connectivity index (χ4n) is 1.79. The van der Waals surface area contributed by atoms with Gasteiger partial charge in [-0.3, -0.25) is 9.97 Å². The maximum atomic E-state index is 8.98. The molecule has 0 aliphatic heterocycles. The van der Waals surface area contributed by atoms with Gasteiger partial charge in [0.05, 0.1) is 17.6 Å². The summed E-state index contributed by atoms with van der Waals surface area (Å²) in [5, 5.41) is 8.98. The number of fused-ring (bicyclic) bond motifs is 1. The van der Waals surface area contributed by atoms with Gasteiger partial charge in [-0.15, -0.1) is 0 Å². The van der Waals surface area contributed by atoms with Crippen molar-refractivity contribution in [2.24, 2.45) is 0 Å². The topological polar surface area (TPSA) is 46.0 Å². The first-order valence-corrected chi connectivity index (χ1v) is 5.22. The van der Waals surface area contributed by atoms with Crippen LogP contribution < -0.4 is 0 Å². The maximum absolute atomic E-state index is 8.98. The molecule has 2 heterocycles. The predicted octanol–water partition coefficient (Wildman–Crippen LogP) is 2.00. The Labute approximate surface area is 87.8 Å². The van der Waals surface area contributed by atoms with E-state index in [2.05, 4.69) is 16.0 Å². The zero-order valence-electron chi connectivity index (χ0n) is 8.35. The lowest BCUT2D eigenvalue weighted by atomic mass is 10.1. The molecule has 0 radical (unpaired) electrons. The third-order valence-corrected chi connectivity index (χ3v) is 2.84. The van der Waals surface area contributed by atoms with Gasteiger partial charge in [0.25, 0.3) is 0 Å². The van der Waals surface area contributed by atoms with E-state index in [1.54, 1.807) is 6.20 Å². The zero-order chi connectivity index (χ0) is 10.3. The molecule has 1 fully saturated rings. The molecule has 1 aliphatic rings. The van der Waals surface area contributed by atoms with Crippen LogP contribution in [0.3, 0.4) is 0 Å². The van der Waals surface area contributed by atoms with Crippen molar-refractivity contribution in [3.63, 3.8) is 0 Å². The van der Waals surface area contributed by atoms with Crippen LogP contribution in [0.25, 0.3) is 11.0 Å². The second-order valence-electron chi connectivity index (χ2n) is 4.08. The molecule has 0 spiro atoms. The lowest BCUT2D eigenvalue weighted by molar-refractivity contribution is 0.281. The molecule has 0 bridgehead atoms. The number of nitrogens with zero attached hydrogens (tertiary/aromatic N) is 2. The van der Waals surface area contributed by atoms with Gasteiger partial charge < -0.3 is 5.11 Å². The Kier molecular flexibility index (Phi) is 1.92. The van der Waals surface area contributed by atoms with Crippen LogP contribution in [0.5, 0.6) is 0 Å². The second kappa shape index (κ2) is 3.28. The Morgan fingerprint density at radius 2 is 1.87 bits per heavy atom. The quantitative estimate of drug-likeness (QED) is 0.806. The highest BCUT2D eigenvalue weighted by molar-refractivity contribution is 5.75. The fraction of sp³-hybridized carbons (Fsp3) is 0.333. The third kappa shape index (κ3) is 1.59. The number of pyridine rings is 2. The smallest absolute Gasteiger partial charge is 0.0890 e. The predicted molar refractivity (Wildman–Crippen MR) is 57.4 cm³/mol. The molecule has 3 rings (SSSR count). The minimum absolute atomic E-state index is 0.0228. The summed E-state index contributed by atoms with van der Waals surface area (Å²) < 4.78 is 0. The Hall–Kier alpha value is -1.48. The Morgan fingerprint density at radius 3 is 2.60 bits per heavy atom. The van der Waals surface area contributed by atoms with E-state index >= 15 is 0 Å². The van der Waals surface area contributed by atoms with Crippen molar-refractivity contribution >= 4 is 11.0 Å².